The lowest BCUT2D eigenvalue weighted by Crippen LogP contribution is -2.22. The van der Waals surface area contributed by atoms with Crippen molar-refractivity contribution in [2.75, 3.05) is 0 Å². The fraction of sp³-hybridized carbons (Fsp3) is 0.778. The minimum Gasteiger partial charge on any atom is -0.388 e. The quantitative estimate of drug-likeness (QED) is 0.510. The molecule has 1 heteroatoms. The molecule has 0 aromatic rings. The summed E-state index contributed by atoms with van der Waals surface area (Å²) in [7, 11) is 0. The van der Waals surface area contributed by atoms with Crippen LogP contribution in [0.1, 0.15) is 27.2 Å². The average molecular weight is 140 g/mol. The molecule has 0 bridgehead atoms. The predicted octanol–water partition coefficient (Wildman–Crippen LogP) is 1.97. The Bertz CT molecular complexity index is 158. The highest BCUT2D eigenvalue weighted by atomic mass is 16.3. The van der Waals surface area contributed by atoms with Gasteiger partial charge in [-0.15, -0.1) is 0 Å². The van der Waals surface area contributed by atoms with E-state index in [0.29, 0.717) is 5.92 Å². The maximum absolute atomic E-state index is 9.60. The van der Waals surface area contributed by atoms with Gasteiger partial charge in [0.05, 0.1) is 6.10 Å². The van der Waals surface area contributed by atoms with Gasteiger partial charge in [0.15, 0.2) is 0 Å². The molecule has 0 heterocycles. The van der Waals surface area contributed by atoms with E-state index >= 15 is 0 Å². The van der Waals surface area contributed by atoms with Crippen molar-refractivity contribution in [3.05, 3.63) is 12.2 Å². The molecule has 1 fully saturated rings. The van der Waals surface area contributed by atoms with Crippen molar-refractivity contribution in [1.29, 1.82) is 0 Å². The largest absolute Gasteiger partial charge is 0.388 e. The molecule has 0 unspecified atom stereocenters. The Hall–Kier alpha value is -0.300. The smallest absolute Gasteiger partial charge is 0.0801 e. The van der Waals surface area contributed by atoms with Gasteiger partial charge >= 0.3 is 0 Å². The van der Waals surface area contributed by atoms with Gasteiger partial charge in [0.25, 0.3) is 0 Å². The van der Waals surface area contributed by atoms with Gasteiger partial charge in [-0.3, -0.25) is 0 Å². The van der Waals surface area contributed by atoms with E-state index in [1.54, 1.807) is 0 Å². The molecule has 0 spiro atoms. The van der Waals surface area contributed by atoms with Crippen LogP contribution in [-0.2, 0) is 0 Å². The van der Waals surface area contributed by atoms with Crippen molar-refractivity contribution in [2.24, 2.45) is 11.3 Å². The second-order valence-electron chi connectivity index (χ2n) is 4.07. The van der Waals surface area contributed by atoms with E-state index in [9.17, 15) is 5.11 Å². The van der Waals surface area contributed by atoms with Crippen LogP contribution in [0.4, 0.5) is 0 Å². The van der Waals surface area contributed by atoms with E-state index in [4.69, 9.17) is 0 Å². The Morgan fingerprint density at radius 3 is 2.20 bits per heavy atom. The summed E-state index contributed by atoms with van der Waals surface area (Å²) in [5, 5.41) is 9.60. The van der Waals surface area contributed by atoms with Gasteiger partial charge in [-0.05, 0) is 23.3 Å². The molecule has 0 aliphatic heterocycles. The summed E-state index contributed by atoms with van der Waals surface area (Å²) in [6.45, 7) is 10.2. The van der Waals surface area contributed by atoms with Crippen molar-refractivity contribution >= 4 is 0 Å². The van der Waals surface area contributed by atoms with Gasteiger partial charge < -0.3 is 5.11 Å². The first-order valence-electron chi connectivity index (χ1n) is 3.82. The molecule has 1 nitrogen and oxygen atoms in total. The summed E-state index contributed by atoms with van der Waals surface area (Å²) in [4.78, 5) is 0. The number of hydrogen-bond donors (Lipinski definition) is 1. The summed E-state index contributed by atoms with van der Waals surface area (Å²) in [5.74, 6) is 0.491. The molecule has 1 saturated carbocycles. The number of hydrogen-bond acceptors (Lipinski definition) is 1. The summed E-state index contributed by atoms with van der Waals surface area (Å²) < 4.78 is 0. The molecule has 58 valence electrons. The van der Waals surface area contributed by atoms with Crippen LogP contribution in [0, 0.1) is 11.3 Å². The highest BCUT2D eigenvalue weighted by molar-refractivity contribution is 5.17. The van der Waals surface area contributed by atoms with Crippen molar-refractivity contribution in [2.45, 2.75) is 33.3 Å². The van der Waals surface area contributed by atoms with E-state index in [0.717, 1.165) is 12.0 Å². The molecule has 0 aromatic heterocycles. The van der Waals surface area contributed by atoms with Crippen molar-refractivity contribution < 1.29 is 5.11 Å². The van der Waals surface area contributed by atoms with Crippen LogP contribution < -0.4 is 0 Å². The van der Waals surface area contributed by atoms with E-state index in [2.05, 4.69) is 27.4 Å². The zero-order valence-corrected chi connectivity index (χ0v) is 7.02. The SMILES string of the molecule is C=C1[C@H](C)CC(C)(C)[C@H]1O. The van der Waals surface area contributed by atoms with Crippen LogP contribution in [0.5, 0.6) is 0 Å². The third-order valence-electron chi connectivity index (χ3n) is 2.56. The first-order chi connectivity index (χ1) is 4.45. The van der Waals surface area contributed by atoms with Gasteiger partial charge in [-0.2, -0.15) is 0 Å². The fourth-order valence-corrected chi connectivity index (χ4v) is 1.80. The van der Waals surface area contributed by atoms with Crippen LogP contribution in [0.2, 0.25) is 0 Å². The Morgan fingerprint density at radius 1 is 1.60 bits per heavy atom. The fourth-order valence-electron chi connectivity index (χ4n) is 1.80. The normalized spacial score (nSPS) is 38.6. The van der Waals surface area contributed by atoms with E-state index in [-0.39, 0.29) is 11.5 Å². The van der Waals surface area contributed by atoms with Gasteiger partial charge in [0.1, 0.15) is 0 Å². The topological polar surface area (TPSA) is 20.2 Å². The molecule has 1 N–H and O–H groups in total. The number of aliphatic hydroxyl groups excluding tert-OH is 1. The van der Waals surface area contributed by atoms with E-state index < -0.39 is 0 Å². The maximum atomic E-state index is 9.60. The van der Waals surface area contributed by atoms with Crippen molar-refractivity contribution in [3.63, 3.8) is 0 Å². The second kappa shape index (κ2) is 2.09. The number of aliphatic hydroxyl groups is 1. The van der Waals surface area contributed by atoms with Gasteiger partial charge in [0, 0.05) is 0 Å². The minimum atomic E-state index is -0.289. The molecular formula is C9H16O. The summed E-state index contributed by atoms with van der Waals surface area (Å²) in [5.41, 5.74) is 1.06. The van der Waals surface area contributed by atoms with Gasteiger partial charge in [-0.1, -0.05) is 27.4 Å². The Kier molecular flexibility index (Phi) is 1.63. The highest BCUT2D eigenvalue weighted by Crippen LogP contribution is 2.43. The second-order valence-corrected chi connectivity index (χ2v) is 4.07. The number of rotatable bonds is 0. The van der Waals surface area contributed by atoms with Crippen LogP contribution >= 0.6 is 0 Å². The van der Waals surface area contributed by atoms with Gasteiger partial charge in [0.2, 0.25) is 0 Å². The van der Waals surface area contributed by atoms with Crippen molar-refractivity contribution in [1.82, 2.24) is 0 Å². The lowest BCUT2D eigenvalue weighted by molar-refractivity contribution is 0.104. The van der Waals surface area contributed by atoms with E-state index in [1.165, 1.54) is 0 Å². The first kappa shape index (κ1) is 7.80. The molecular weight excluding hydrogens is 124 g/mol. The van der Waals surface area contributed by atoms with Crippen LogP contribution in [0.3, 0.4) is 0 Å². The third kappa shape index (κ3) is 0.988. The minimum absolute atomic E-state index is 0.0521. The Morgan fingerprint density at radius 2 is 2.10 bits per heavy atom. The summed E-state index contributed by atoms with van der Waals surface area (Å²) in [6, 6.07) is 0. The highest BCUT2D eigenvalue weighted by Gasteiger charge is 2.39. The van der Waals surface area contributed by atoms with E-state index in [1.807, 2.05) is 0 Å². The Labute approximate surface area is 62.8 Å². The molecule has 0 saturated heterocycles. The van der Waals surface area contributed by atoms with Gasteiger partial charge in [-0.25, -0.2) is 0 Å². The average Bonchev–Trinajstić information content (AvgIpc) is 1.95. The maximum Gasteiger partial charge on any atom is 0.0801 e. The zero-order chi connectivity index (χ0) is 7.94. The molecule has 1 aliphatic rings. The Balaban J connectivity index is 2.81. The summed E-state index contributed by atoms with van der Waals surface area (Å²) >= 11 is 0. The molecule has 0 radical (unpaired) electrons. The first-order valence-corrected chi connectivity index (χ1v) is 3.82. The van der Waals surface area contributed by atoms with Crippen molar-refractivity contribution in [3.8, 4) is 0 Å². The van der Waals surface area contributed by atoms with Crippen LogP contribution in [-0.4, -0.2) is 11.2 Å². The third-order valence-corrected chi connectivity index (χ3v) is 2.56. The van der Waals surface area contributed by atoms with Crippen LogP contribution in [0.25, 0.3) is 0 Å². The predicted molar refractivity (Wildman–Crippen MR) is 42.7 cm³/mol. The zero-order valence-electron chi connectivity index (χ0n) is 7.02. The monoisotopic (exact) mass is 140 g/mol. The molecule has 0 amide bonds. The standard InChI is InChI=1S/C9H16O/c1-6-5-9(3,4)8(10)7(6)2/h6,8,10H,2,5H2,1,3-4H3/t6-,8+/m1/s1. The lowest BCUT2D eigenvalue weighted by Gasteiger charge is -2.21. The molecule has 1 aliphatic carbocycles. The lowest BCUT2D eigenvalue weighted by atomic mass is 9.88. The molecule has 2 atom stereocenters. The molecule has 10 heavy (non-hydrogen) atoms. The molecule has 0 aromatic carbocycles. The summed E-state index contributed by atoms with van der Waals surface area (Å²) in [6.07, 6.45) is 0.773. The molecule has 1 rings (SSSR count). The van der Waals surface area contributed by atoms with Crippen LogP contribution in [0.15, 0.2) is 12.2 Å².